The van der Waals surface area contributed by atoms with Crippen LogP contribution in [-0.4, -0.2) is 11.9 Å². The van der Waals surface area contributed by atoms with E-state index >= 15 is 0 Å². The first-order valence-electron chi connectivity index (χ1n) is 4.47. The van der Waals surface area contributed by atoms with Crippen LogP contribution in [0.1, 0.15) is 46.5 Å². The second-order valence-corrected chi connectivity index (χ2v) is 2.95. The molecular formula is C9H19NO. The third kappa shape index (κ3) is 5.89. The summed E-state index contributed by atoms with van der Waals surface area (Å²) < 4.78 is 0. The number of carbonyl (C=O) groups excluding carboxylic acids is 1. The van der Waals surface area contributed by atoms with Crippen LogP contribution >= 0.6 is 0 Å². The smallest absolute Gasteiger partial charge is 0.217 e. The molecule has 0 aromatic carbocycles. The summed E-state index contributed by atoms with van der Waals surface area (Å²) in [7, 11) is 0. The predicted molar refractivity (Wildman–Crippen MR) is 47.4 cm³/mol. The number of hydrogen-bond donors (Lipinski definition) is 1. The van der Waals surface area contributed by atoms with Crippen LogP contribution < -0.4 is 5.32 Å². The first-order valence-corrected chi connectivity index (χ1v) is 4.47. The van der Waals surface area contributed by atoms with Crippen molar-refractivity contribution in [3.63, 3.8) is 0 Å². The molecule has 0 radical (unpaired) electrons. The molecule has 1 atom stereocenters. The number of rotatable bonds is 5. The molecule has 2 heteroatoms. The van der Waals surface area contributed by atoms with Gasteiger partial charge in [0.15, 0.2) is 0 Å². The number of carbonyl (C=O) groups is 1. The maximum Gasteiger partial charge on any atom is 0.217 e. The Bertz CT molecular complexity index is 112. The normalized spacial score (nSPS) is 12.6. The Morgan fingerprint density at radius 2 is 2.09 bits per heavy atom. The number of hydrogen-bond acceptors (Lipinski definition) is 1. The van der Waals surface area contributed by atoms with Crippen molar-refractivity contribution >= 4 is 5.91 Å². The third-order valence-electron chi connectivity index (χ3n) is 1.81. The summed E-state index contributed by atoms with van der Waals surface area (Å²) in [6, 6.07) is 0.396. The van der Waals surface area contributed by atoms with Gasteiger partial charge in [0.05, 0.1) is 0 Å². The van der Waals surface area contributed by atoms with Crippen molar-refractivity contribution in [1.29, 1.82) is 0 Å². The molecule has 2 nitrogen and oxygen atoms in total. The molecule has 0 heterocycles. The third-order valence-corrected chi connectivity index (χ3v) is 1.81. The molecule has 0 aliphatic carbocycles. The quantitative estimate of drug-likeness (QED) is 0.650. The van der Waals surface area contributed by atoms with E-state index in [1.165, 1.54) is 12.8 Å². The first-order chi connectivity index (χ1) is 5.20. The van der Waals surface area contributed by atoms with E-state index in [4.69, 9.17) is 0 Å². The predicted octanol–water partition coefficient (Wildman–Crippen LogP) is 2.09. The fourth-order valence-corrected chi connectivity index (χ4v) is 1.12. The number of amides is 1. The van der Waals surface area contributed by atoms with Crippen LogP contribution in [0.2, 0.25) is 0 Å². The average molecular weight is 157 g/mol. The van der Waals surface area contributed by atoms with Crippen molar-refractivity contribution < 1.29 is 4.79 Å². The summed E-state index contributed by atoms with van der Waals surface area (Å²) in [6.07, 6.45) is 4.57. The molecule has 0 bridgehead atoms. The Morgan fingerprint density at radius 3 is 2.45 bits per heavy atom. The van der Waals surface area contributed by atoms with Crippen molar-refractivity contribution in [2.24, 2.45) is 0 Å². The molecule has 66 valence electrons. The first kappa shape index (κ1) is 10.5. The lowest BCUT2D eigenvalue weighted by atomic mass is 10.1. The zero-order chi connectivity index (χ0) is 8.69. The van der Waals surface area contributed by atoms with E-state index in [-0.39, 0.29) is 5.91 Å². The van der Waals surface area contributed by atoms with Crippen LogP contribution in [-0.2, 0) is 4.79 Å². The van der Waals surface area contributed by atoms with Crippen molar-refractivity contribution in [3.05, 3.63) is 0 Å². The van der Waals surface area contributed by atoms with Gasteiger partial charge in [0.2, 0.25) is 5.91 Å². The Kier molecular flexibility index (Phi) is 5.90. The van der Waals surface area contributed by atoms with Gasteiger partial charge in [0, 0.05) is 13.0 Å². The molecule has 0 spiro atoms. The van der Waals surface area contributed by atoms with Crippen LogP contribution in [0.25, 0.3) is 0 Å². The van der Waals surface area contributed by atoms with E-state index in [9.17, 15) is 4.79 Å². The Morgan fingerprint density at radius 1 is 1.45 bits per heavy atom. The Labute approximate surface area is 69.4 Å². The fourth-order valence-electron chi connectivity index (χ4n) is 1.12. The molecule has 1 amide bonds. The molecule has 11 heavy (non-hydrogen) atoms. The molecule has 0 saturated carbocycles. The summed E-state index contributed by atoms with van der Waals surface area (Å²) in [5, 5.41) is 2.93. The van der Waals surface area contributed by atoms with Gasteiger partial charge in [-0.1, -0.05) is 26.7 Å². The van der Waals surface area contributed by atoms with Gasteiger partial charge in [-0.2, -0.15) is 0 Å². The van der Waals surface area contributed by atoms with Crippen LogP contribution in [0.15, 0.2) is 0 Å². The van der Waals surface area contributed by atoms with Crippen molar-refractivity contribution in [1.82, 2.24) is 5.32 Å². The Hall–Kier alpha value is -0.530. The minimum atomic E-state index is 0.0907. The highest BCUT2D eigenvalue weighted by Gasteiger charge is 2.05. The highest BCUT2D eigenvalue weighted by atomic mass is 16.1. The van der Waals surface area contributed by atoms with Gasteiger partial charge < -0.3 is 5.32 Å². The van der Waals surface area contributed by atoms with Gasteiger partial charge in [-0.3, -0.25) is 4.79 Å². The second kappa shape index (κ2) is 6.20. The summed E-state index contributed by atoms with van der Waals surface area (Å²) in [5.74, 6) is 0.0907. The SMILES string of the molecule is CCCC[C@@H](CC)NC(C)=O. The van der Waals surface area contributed by atoms with Gasteiger partial charge in [0.1, 0.15) is 0 Å². The molecule has 0 saturated heterocycles. The fraction of sp³-hybridized carbons (Fsp3) is 0.889. The molecule has 0 unspecified atom stereocenters. The van der Waals surface area contributed by atoms with Crippen LogP contribution in [0.3, 0.4) is 0 Å². The van der Waals surface area contributed by atoms with E-state index in [1.54, 1.807) is 6.92 Å². The van der Waals surface area contributed by atoms with Crippen molar-refractivity contribution in [3.8, 4) is 0 Å². The number of nitrogens with one attached hydrogen (secondary N) is 1. The average Bonchev–Trinajstić information content (AvgIpc) is 1.97. The Balaban J connectivity index is 3.49. The van der Waals surface area contributed by atoms with Gasteiger partial charge >= 0.3 is 0 Å². The molecule has 0 fully saturated rings. The highest BCUT2D eigenvalue weighted by Crippen LogP contribution is 2.03. The monoisotopic (exact) mass is 157 g/mol. The van der Waals surface area contributed by atoms with Crippen molar-refractivity contribution in [2.45, 2.75) is 52.5 Å². The topological polar surface area (TPSA) is 29.1 Å². The highest BCUT2D eigenvalue weighted by molar-refractivity contribution is 5.73. The van der Waals surface area contributed by atoms with Gasteiger partial charge in [-0.05, 0) is 12.8 Å². The molecular weight excluding hydrogens is 138 g/mol. The van der Waals surface area contributed by atoms with E-state index < -0.39 is 0 Å². The molecule has 0 aromatic heterocycles. The van der Waals surface area contributed by atoms with Crippen LogP contribution in [0.4, 0.5) is 0 Å². The minimum Gasteiger partial charge on any atom is -0.354 e. The lowest BCUT2D eigenvalue weighted by molar-refractivity contribution is -0.119. The molecule has 0 aliphatic heterocycles. The zero-order valence-electron chi connectivity index (χ0n) is 7.81. The zero-order valence-corrected chi connectivity index (χ0v) is 7.81. The maximum atomic E-state index is 10.7. The van der Waals surface area contributed by atoms with Crippen molar-refractivity contribution in [2.75, 3.05) is 0 Å². The minimum absolute atomic E-state index is 0.0907. The van der Waals surface area contributed by atoms with E-state index in [0.717, 1.165) is 12.8 Å². The van der Waals surface area contributed by atoms with Crippen LogP contribution in [0, 0.1) is 0 Å². The summed E-state index contributed by atoms with van der Waals surface area (Å²) in [5.41, 5.74) is 0. The summed E-state index contributed by atoms with van der Waals surface area (Å²) >= 11 is 0. The lowest BCUT2D eigenvalue weighted by Crippen LogP contribution is -2.32. The maximum absolute atomic E-state index is 10.7. The van der Waals surface area contributed by atoms with Gasteiger partial charge in [-0.15, -0.1) is 0 Å². The molecule has 1 N–H and O–H groups in total. The molecule has 0 rings (SSSR count). The lowest BCUT2D eigenvalue weighted by Gasteiger charge is -2.14. The van der Waals surface area contributed by atoms with E-state index in [0.29, 0.717) is 6.04 Å². The summed E-state index contributed by atoms with van der Waals surface area (Å²) in [4.78, 5) is 10.7. The second-order valence-electron chi connectivity index (χ2n) is 2.95. The van der Waals surface area contributed by atoms with Crippen LogP contribution in [0.5, 0.6) is 0 Å². The van der Waals surface area contributed by atoms with E-state index in [2.05, 4.69) is 19.2 Å². The number of unbranched alkanes of at least 4 members (excludes halogenated alkanes) is 1. The summed E-state index contributed by atoms with van der Waals surface area (Å²) in [6.45, 7) is 5.85. The molecule has 0 aromatic rings. The largest absolute Gasteiger partial charge is 0.354 e. The molecule has 0 aliphatic rings. The van der Waals surface area contributed by atoms with E-state index in [1.807, 2.05) is 0 Å². The van der Waals surface area contributed by atoms with Gasteiger partial charge in [-0.25, -0.2) is 0 Å². The standard InChI is InChI=1S/C9H19NO/c1-4-6-7-9(5-2)10-8(3)11/h9H,4-7H2,1-3H3,(H,10,11)/t9-/m1/s1. The van der Waals surface area contributed by atoms with Gasteiger partial charge in [0.25, 0.3) is 0 Å².